The maximum absolute atomic E-state index is 11.0. The number of fused-ring (bicyclic) bond motifs is 1. The van der Waals surface area contributed by atoms with Crippen LogP contribution in [0.4, 0.5) is 0 Å². The van der Waals surface area contributed by atoms with Gasteiger partial charge < -0.3 is 10.2 Å². The molecule has 2 aliphatic rings. The number of carboxylic acid groups (broad SMARTS) is 1. The van der Waals surface area contributed by atoms with Gasteiger partial charge in [-0.25, -0.2) is 4.79 Å². The molecular weight excluding hydrogens is 228 g/mol. The second-order valence-electron chi connectivity index (χ2n) is 5.92. The molecule has 0 saturated heterocycles. The fourth-order valence-corrected chi connectivity index (χ4v) is 3.57. The fourth-order valence-electron chi connectivity index (χ4n) is 3.57. The van der Waals surface area contributed by atoms with Gasteiger partial charge in [0.2, 0.25) is 0 Å². The average molecular weight is 250 g/mol. The third-order valence-electron chi connectivity index (χ3n) is 4.82. The predicted molar refractivity (Wildman–Crippen MR) is 70.2 cm³/mol. The molecule has 0 radical (unpaired) electrons. The largest absolute Gasteiger partial charge is 0.478 e. The molecule has 2 aliphatic carbocycles. The number of aliphatic hydroxyl groups is 1. The minimum absolute atomic E-state index is 0.0465. The number of hydrogen-bond donors (Lipinski definition) is 2. The normalized spacial score (nSPS) is 32.0. The zero-order chi connectivity index (χ0) is 13.3. The van der Waals surface area contributed by atoms with Gasteiger partial charge in [-0.15, -0.1) is 0 Å². The van der Waals surface area contributed by atoms with Gasteiger partial charge in [-0.05, 0) is 55.4 Å². The minimum Gasteiger partial charge on any atom is -0.478 e. The Hall–Kier alpha value is -1.09. The second-order valence-corrected chi connectivity index (χ2v) is 5.92. The monoisotopic (exact) mass is 250 g/mol. The van der Waals surface area contributed by atoms with Gasteiger partial charge in [0.1, 0.15) is 0 Å². The van der Waals surface area contributed by atoms with Gasteiger partial charge in [-0.3, -0.25) is 0 Å². The Morgan fingerprint density at radius 1 is 1.50 bits per heavy atom. The highest BCUT2D eigenvalue weighted by molar-refractivity contribution is 5.86. The standard InChI is InChI=1S/C15H22O3/c1-10(14(17)18)11-5-7-15(2)6-3-4-12(9-16)13(15)8-11/h11,16H,1,3-9H2,2H3,(H,17,18)/t11-,15-/m1/s1. The highest BCUT2D eigenvalue weighted by Crippen LogP contribution is 2.52. The Bertz CT molecular complexity index is 408. The van der Waals surface area contributed by atoms with E-state index in [-0.39, 0.29) is 17.9 Å². The Labute approximate surface area is 108 Å². The summed E-state index contributed by atoms with van der Waals surface area (Å²) in [4.78, 5) is 11.0. The van der Waals surface area contributed by atoms with E-state index in [1.165, 1.54) is 5.57 Å². The zero-order valence-electron chi connectivity index (χ0n) is 11.0. The maximum atomic E-state index is 11.0. The molecule has 3 heteroatoms. The van der Waals surface area contributed by atoms with Crippen LogP contribution in [0.1, 0.15) is 45.4 Å². The van der Waals surface area contributed by atoms with Crippen LogP contribution in [0.3, 0.4) is 0 Å². The zero-order valence-corrected chi connectivity index (χ0v) is 11.0. The molecule has 0 spiro atoms. The first-order valence-corrected chi connectivity index (χ1v) is 6.72. The van der Waals surface area contributed by atoms with Crippen LogP contribution in [0.2, 0.25) is 0 Å². The molecule has 0 heterocycles. The molecule has 2 rings (SSSR count). The first-order valence-electron chi connectivity index (χ1n) is 6.72. The van der Waals surface area contributed by atoms with Crippen molar-refractivity contribution in [3.8, 4) is 0 Å². The molecule has 3 nitrogen and oxygen atoms in total. The summed E-state index contributed by atoms with van der Waals surface area (Å²) in [5, 5.41) is 18.5. The molecule has 100 valence electrons. The smallest absolute Gasteiger partial charge is 0.331 e. The Kier molecular flexibility index (Phi) is 3.62. The van der Waals surface area contributed by atoms with E-state index in [2.05, 4.69) is 13.5 Å². The van der Waals surface area contributed by atoms with Crippen molar-refractivity contribution >= 4 is 5.97 Å². The summed E-state index contributed by atoms with van der Waals surface area (Å²) in [5.41, 5.74) is 2.97. The Balaban J connectivity index is 2.26. The number of rotatable bonds is 3. The van der Waals surface area contributed by atoms with Crippen LogP contribution in [0.15, 0.2) is 23.3 Å². The topological polar surface area (TPSA) is 57.5 Å². The van der Waals surface area contributed by atoms with Crippen molar-refractivity contribution in [2.45, 2.75) is 45.4 Å². The summed E-state index contributed by atoms with van der Waals surface area (Å²) in [7, 11) is 0. The van der Waals surface area contributed by atoms with Crippen molar-refractivity contribution in [1.29, 1.82) is 0 Å². The maximum Gasteiger partial charge on any atom is 0.331 e. The molecule has 0 aliphatic heterocycles. The molecule has 0 aromatic carbocycles. The SMILES string of the molecule is C=C(C(=O)O)[C@@H]1CC[C@@]2(C)CCCC(CO)=C2C1. The average Bonchev–Trinajstić information content (AvgIpc) is 2.35. The van der Waals surface area contributed by atoms with E-state index in [0.29, 0.717) is 5.57 Å². The summed E-state index contributed by atoms with van der Waals surface area (Å²) in [6.07, 6.45) is 5.97. The number of aliphatic hydroxyl groups excluding tert-OH is 1. The summed E-state index contributed by atoms with van der Waals surface area (Å²) in [5.74, 6) is -0.837. The van der Waals surface area contributed by atoms with Gasteiger partial charge >= 0.3 is 5.97 Å². The summed E-state index contributed by atoms with van der Waals surface area (Å²) >= 11 is 0. The van der Waals surface area contributed by atoms with Crippen LogP contribution in [0, 0.1) is 11.3 Å². The molecule has 1 saturated carbocycles. The molecule has 0 aromatic rings. The van der Waals surface area contributed by atoms with E-state index in [4.69, 9.17) is 5.11 Å². The quantitative estimate of drug-likeness (QED) is 0.598. The van der Waals surface area contributed by atoms with E-state index in [1.54, 1.807) is 0 Å². The van der Waals surface area contributed by atoms with Crippen LogP contribution in [-0.2, 0) is 4.79 Å². The van der Waals surface area contributed by atoms with Gasteiger partial charge in [0.15, 0.2) is 0 Å². The number of carbonyl (C=O) groups is 1. The van der Waals surface area contributed by atoms with Crippen LogP contribution >= 0.6 is 0 Å². The molecule has 1 fully saturated rings. The van der Waals surface area contributed by atoms with E-state index in [1.807, 2.05) is 0 Å². The van der Waals surface area contributed by atoms with Gasteiger partial charge in [0.25, 0.3) is 0 Å². The lowest BCUT2D eigenvalue weighted by Gasteiger charge is -2.44. The lowest BCUT2D eigenvalue weighted by Crippen LogP contribution is -2.33. The van der Waals surface area contributed by atoms with Gasteiger partial charge in [-0.1, -0.05) is 19.1 Å². The first kappa shape index (κ1) is 13.3. The van der Waals surface area contributed by atoms with E-state index in [0.717, 1.165) is 44.1 Å². The number of aliphatic carboxylic acids is 1. The summed E-state index contributed by atoms with van der Waals surface area (Å²) in [6.45, 7) is 6.09. The predicted octanol–water partition coefficient (Wildman–Crippen LogP) is 2.91. The summed E-state index contributed by atoms with van der Waals surface area (Å²) < 4.78 is 0. The Morgan fingerprint density at radius 2 is 2.22 bits per heavy atom. The lowest BCUT2D eigenvalue weighted by atomic mass is 9.61. The van der Waals surface area contributed by atoms with Crippen molar-refractivity contribution in [2.75, 3.05) is 6.61 Å². The molecule has 18 heavy (non-hydrogen) atoms. The third-order valence-corrected chi connectivity index (χ3v) is 4.82. The first-order chi connectivity index (χ1) is 8.48. The van der Waals surface area contributed by atoms with E-state index >= 15 is 0 Å². The Morgan fingerprint density at radius 3 is 2.83 bits per heavy atom. The number of carboxylic acids is 1. The second kappa shape index (κ2) is 4.88. The molecule has 0 aromatic heterocycles. The van der Waals surface area contributed by atoms with Crippen LogP contribution in [-0.4, -0.2) is 22.8 Å². The molecular formula is C15H22O3. The van der Waals surface area contributed by atoms with Crippen molar-refractivity contribution in [1.82, 2.24) is 0 Å². The highest BCUT2D eigenvalue weighted by atomic mass is 16.4. The van der Waals surface area contributed by atoms with E-state index < -0.39 is 5.97 Å². The third kappa shape index (κ3) is 2.24. The van der Waals surface area contributed by atoms with Gasteiger partial charge in [0.05, 0.1) is 6.61 Å². The molecule has 0 bridgehead atoms. The fraction of sp³-hybridized carbons (Fsp3) is 0.667. The van der Waals surface area contributed by atoms with Crippen molar-refractivity contribution in [3.05, 3.63) is 23.3 Å². The van der Waals surface area contributed by atoms with Crippen LogP contribution < -0.4 is 0 Å². The van der Waals surface area contributed by atoms with Gasteiger partial charge in [0, 0.05) is 5.57 Å². The molecule has 0 unspecified atom stereocenters. The van der Waals surface area contributed by atoms with Crippen LogP contribution in [0.5, 0.6) is 0 Å². The molecule has 2 atom stereocenters. The highest BCUT2D eigenvalue weighted by Gasteiger charge is 2.40. The number of allylic oxidation sites excluding steroid dienone is 1. The van der Waals surface area contributed by atoms with Crippen molar-refractivity contribution in [3.63, 3.8) is 0 Å². The van der Waals surface area contributed by atoms with E-state index in [9.17, 15) is 9.90 Å². The molecule has 0 amide bonds. The number of hydrogen-bond acceptors (Lipinski definition) is 2. The van der Waals surface area contributed by atoms with Gasteiger partial charge in [-0.2, -0.15) is 0 Å². The molecule has 2 N–H and O–H groups in total. The lowest BCUT2D eigenvalue weighted by molar-refractivity contribution is -0.133. The van der Waals surface area contributed by atoms with Crippen molar-refractivity contribution < 1.29 is 15.0 Å². The van der Waals surface area contributed by atoms with Crippen molar-refractivity contribution in [2.24, 2.45) is 11.3 Å². The minimum atomic E-state index is -0.884. The van der Waals surface area contributed by atoms with Crippen LogP contribution in [0.25, 0.3) is 0 Å². The summed E-state index contributed by atoms with van der Waals surface area (Å²) in [6, 6.07) is 0.